The first kappa shape index (κ1) is 12.5. The van der Waals surface area contributed by atoms with Gasteiger partial charge in [0.2, 0.25) is 0 Å². The topological polar surface area (TPSA) is 73.1 Å². The van der Waals surface area contributed by atoms with E-state index in [2.05, 4.69) is 20.4 Å². The number of hydrogen-bond donors (Lipinski definition) is 0. The summed E-state index contributed by atoms with van der Waals surface area (Å²) in [5.41, 5.74) is 0. The van der Waals surface area contributed by atoms with Crippen LogP contribution >= 0.6 is 0 Å². The second-order valence-corrected chi connectivity index (χ2v) is 5.34. The number of carbonyl (C=O) groups is 1. The molecule has 3 rings (SSSR count). The van der Waals surface area contributed by atoms with Gasteiger partial charge in [0, 0.05) is 0 Å². The summed E-state index contributed by atoms with van der Waals surface area (Å²) in [5.74, 6) is 0.919. The van der Waals surface area contributed by atoms with Crippen LogP contribution in [-0.4, -0.2) is 51.3 Å². The number of nitrogens with zero attached hydrogens (tertiary/aromatic N) is 5. The van der Waals surface area contributed by atoms with Crippen molar-refractivity contribution in [3.63, 3.8) is 0 Å². The molecule has 0 atom stereocenters. The Morgan fingerprint density at radius 3 is 2.68 bits per heavy atom. The third-order valence-corrected chi connectivity index (χ3v) is 3.94. The molecule has 0 spiro atoms. The molecule has 19 heavy (non-hydrogen) atoms. The van der Waals surface area contributed by atoms with Crippen LogP contribution < -0.4 is 0 Å². The van der Waals surface area contributed by atoms with E-state index in [1.165, 1.54) is 20.0 Å². The SMILES string of the molecule is COC(=O)C1CCN(Cc2nnnn2C2CC2)CC1. The van der Waals surface area contributed by atoms with E-state index in [9.17, 15) is 4.79 Å². The van der Waals surface area contributed by atoms with Crippen LogP contribution in [0, 0.1) is 5.92 Å². The molecular formula is C12H19N5O2. The Kier molecular flexibility index (Phi) is 3.46. The van der Waals surface area contributed by atoms with Gasteiger partial charge in [-0.25, -0.2) is 4.68 Å². The molecule has 0 bridgehead atoms. The van der Waals surface area contributed by atoms with Gasteiger partial charge in [-0.2, -0.15) is 0 Å². The van der Waals surface area contributed by atoms with Crippen LogP contribution in [-0.2, 0) is 16.1 Å². The normalized spacial score (nSPS) is 21.5. The van der Waals surface area contributed by atoms with E-state index in [4.69, 9.17) is 4.74 Å². The molecule has 1 aromatic heterocycles. The molecule has 104 valence electrons. The number of tetrazole rings is 1. The first-order valence-electron chi connectivity index (χ1n) is 6.85. The van der Waals surface area contributed by atoms with E-state index < -0.39 is 0 Å². The average Bonchev–Trinajstić information content (AvgIpc) is 3.19. The lowest BCUT2D eigenvalue weighted by atomic mass is 9.97. The zero-order chi connectivity index (χ0) is 13.2. The minimum atomic E-state index is -0.0811. The van der Waals surface area contributed by atoms with Gasteiger partial charge in [-0.15, -0.1) is 5.10 Å². The van der Waals surface area contributed by atoms with E-state index in [0.717, 1.165) is 38.3 Å². The fourth-order valence-corrected chi connectivity index (χ4v) is 2.61. The van der Waals surface area contributed by atoms with Gasteiger partial charge in [0.15, 0.2) is 5.82 Å². The number of esters is 1. The maximum absolute atomic E-state index is 11.5. The van der Waals surface area contributed by atoms with Crippen molar-refractivity contribution >= 4 is 5.97 Å². The van der Waals surface area contributed by atoms with E-state index in [1.807, 2.05) is 4.68 Å². The van der Waals surface area contributed by atoms with Crippen molar-refractivity contribution in [2.45, 2.75) is 38.3 Å². The number of hydrogen-bond acceptors (Lipinski definition) is 6. The number of methoxy groups -OCH3 is 1. The molecule has 2 fully saturated rings. The quantitative estimate of drug-likeness (QED) is 0.733. The number of ether oxygens (including phenoxy) is 1. The molecule has 7 nitrogen and oxygen atoms in total. The minimum absolute atomic E-state index is 0.0562. The fourth-order valence-electron chi connectivity index (χ4n) is 2.61. The van der Waals surface area contributed by atoms with Crippen molar-refractivity contribution in [2.24, 2.45) is 5.92 Å². The summed E-state index contributed by atoms with van der Waals surface area (Å²) in [6, 6.07) is 0.512. The van der Waals surface area contributed by atoms with Gasteiger partial charge >= 0.3 is 5.97 Å². The zero-order valence-corrected chi connectivity index (χ0v) is 11.2. The number of carbonyl (C=O) groups excluding carboxylic acids is 1. The van der Waals surface area contributed by atoms with Gasteiger partial charge in [0.1, 0.15) is 0 Å². The molecule has 1 aliphatic heterocycles. The van der Waals surface area contributed by atoms with E-state index in [-0.39, 0.29) is 11.9 Å². The third kappa shape index (κ3) is 2.75. The van der Waals surface area contributed by atoms with Crippen LogP contribution in [0.15, 0.2) is 0 Å². The maximum atomic E-state index is 11.5. The lowest BCUT2D eigenvalue weighted by Crippen LogP contribution is -2.36. The van der Waals surface area contributed by atoms with E-state index in [1.54, 1.807) is 0 Å². The summed E-state index contributed by atoms with van der Waals surface area (Å²) in [7, 11) is 1.46. The Bertz CT molecular complexity index is 449. The highest BCUT2D eigenvalue weighted by Gasteiger charge is 2.30. The highest BCUT2D eigenvalue weighted by molar-refractivity contribution is 5.72. The molecule has 1 aliphatic carbocycles. The largest absolute Gasteiger partial charge is 0.469 e. The predicted molar refractivity (Wildman–Crippen MR) is 66.1 cm³/mol. The molecule has 2 aliphatic rings. The van der Waals surface area contributed by atoms with E-state index >= 15 is 0 Å². The van der Waals surface area contributed by atoms with Gasteiger partial charge in [-0.3, -0.25) is 9.69 Å². The van der Waals surface area contributed by atoms with Gasteiger partial charge in [0.05, 0.1) is 25.6 Å². The summed E-state index contributed by atoms with van der Waals surface area (Å²) >= 11 is 0. The third-order valence-electron chi connectivity index (χ3n) is 3.94. The smallest absolute Gasteiger partial charge is 0.308 e. The van der Waals surface area contributed by atoms with Crippen molar-refractivity contribution in [2.75, 3.05) is 20.2 Å². The molecule has 7 heteroatoms. The molecular weight excluding hydrogens is 246 g/mol. The Morgan fingerprint density at radius 1 is 1.32 bits per heavy atom. The van der Waals surface area contributed by atoms with Crippen molar-refractivity contribution in [1.29, 1.82) is 0 Å². The lowest BCUT2D eigenvalue weighted by molar-refractivity contribution is -0.147. The second-order valence-electron chi connectivity index (χ2n) is 5.34. The zero-order valence-electron chi connectivity index (χ0n) is 11.2. The maximum Gasteiger partial charge on any atom is 0.308 e. The highest BCUT2D eigenvalue weighted by Crippen LogP contribution is 2.34. The van der Waals surface area contributed by atoms with Gasteiger partial charge < -0.3 is 4.74 Å². The average molecular weight is 265 g/mol. The van der Waals surface area contributed by atoms with Crippen molar-refractivity contribution < 1.29 is 9.53 Å². The molecule has 0 N–H and O–H groups in total. The van der Waals surface area contributed by atoms with Crippen molar-refractivity contribution in [3.05, 3.63) is 5.82 Å². The first-order chi connectivity index (χ1) is 9.28. The monoisotopic (exact) mass is 265 g/mol. The number of rotatable bonds is 4. The Labute approximate surface area is 111 Å². The molecule has 2 heterocycles. The summed E-state index contributed by atoms with van der Waals surface area (Å²) in [6.07, 6.45) is 4.08. The molecule has 0 radical (unpaired) electrons. The van der Waals surface area contributed by atoms with Crippen LogP contribution in [0.3, 0.4) is 0 Å². The second kappa shape index (κ2) is 5.24. The fraction of sp³-hybridized carbons (Fsp3) is 0.833. The summed E-state index contributed by atoms with van der Waals surface area (Å²) < 4.78 is 6.75. The van der Waals surface area contributed by atoms with Crippen LogP contribution in [0.1, 0.15) is 37.5 Å². The standard InChI is InChI=1S/C12H19N5O2/c1-19-12(18)9-4-6-16(7-5-9)8-11-13-14-15-17(11)10-2-3-10/h9-10H,2-8H2,1H3. The van der Waals surface area contributed by atoms with Gasteiger partial charge in [-0.05, 0) is 49.2 Å². The van der Waals surface area contributed by atoms with Crippen LogP contribution in [0.25, 0.3) is 0 Å². The van der Waals surface area contributed by atoms with Crippen molar-refractivity contribution in [3.8, 4) is 0 Å². The van der Waals surface area contributed by atoms with Gasteiger partial charge in [0.25, 0.3) is 0 Å². The van der Waals surface area contributed by atoms with Gasteiger partial charge in [-0.1, -0.05) is 0 Å². The molecule has 1 aromatic rings. The number of piperidine rings is 1. The van der Waals surface area contributed by atoms with Crippen LogP contribution in [0.4, 0.5) is 0 Å². The summed E-state index contributed by atoms with van der Waals surface area (Å²) in [6.45, 7) is 2.58. The Morgan fingerprint density at radius 2 is 2.05 bits per heavy atom. The molecule has 0 amide bonds. The minimum Gasteiger partial charge on any atom is -0.469 e. The summed E-state index contributed by atoms with van der Waals surface area (Å²) in [4.78, 5) is 13.8. The molecule has 0 unspecified atom stereocenters. The molecule has 0 aromatic carbocycles. The first-order valence-corrected chi connectivity index (χ1v) is 6.85. The van der Waals surface area contributed by atoms with E-state index in [0.29, 0.717) is 6.04 Å². The summed E-state index contributed by atoms with van der Waals surface area (Å²) in [5, 5.41) is 11.9. The lowest BCUT2D eigenvalue weighted by Gasteiger charge is -2.29. The Balaban J connectivity index is 1.54. The number of likely N-dealkylation sites (tertiary alicyclic amines) is 1. The molecule has 1 saturated heterocycles. The van der Waals surface area contributed by atoms with Crippen molar-refractivity contribution in [1.82, 2.24) is 25.1 Å². The van der Waals surface area contributed by atoms with Crippen LogP contribution in [0.5, 0.6) is 0 Å². The van der Waals surface area contributed by atoms with Crippen LogP contribution in [0.2, 0.25) is 0 Å². The highest BCUT2D eigenvalue weighted by atomic mass is 16.5. The number of aromatic nitrogens is 4. The predicted octanol–water partition coefficient (Wildman–Crippen LogP) is 0.393. The Hall–Kier alpha value is -1.50. The molecule has 1 saturated carbocycles.